The lowest BCUT2D eigenvalue weighted by molar-refractivity contribution is -0.132. The van der Waals surface area contributed by atoms with Crippen molar-refractivity contribution in [2.24, 2.45) is 5.73 Å². The van der Waals surface area contributed by atoms with Gasteiger partial charge in [-0.15, -0.1) is 11.3 Å². The van der Waals surface area contributed by atoms with E-state index in [4.69, 9.17) is 5.73 Å². The third-order valence-electron chi connectivity index (χ3n) is 4.23. The van der Waals surface area contributed by atoms with Crippen LogP contribution in [0.5, 0.6) is 0 Å². The Morgan fingerprint density at radius 3 is 3.04 bits per heavy atom. The smallest absolute Gasteiger partial charge is 0.269 e. The molecule has 122 valence electrons. The second-order valence-corrected chi connectivity index (χ2v) is 6.86. The number of rotatable bonds is 5. The lowest BCUT2D eigenvalue weighted by Gasteiger charge is -2.32. The maximum Gasteiger partial charge on any atom is 0.269 e. The Kier molecular flexibility index (Phi) is 4.76. The summed E-state index contributed by atoms with van der Waals surface area (Å²) in [5.41, 5.74) is 6.37. The fourth-order valence-corrected chi connectivity index (χ4v) is 3.68. The predicted molar refractivity (Wildman–Crippen MR) is 88.3 cm³/mol. The van der Waals surface area contributed by atoms with E-state index in [0.29, 0.717) is 13.0 Å². The van der Waals surface area contributed by atoms with E-state index in [2.05, 4.69) is 16.3 Å². The van der Waals surface area contributed by atoms with Gasteiger partial charge < -0.3 is 10.6 Å². The first-order valence-corrected chi connectivity index (χ1v) is 8.66. The molecule has 2 aromatic rings. The topological polar surface area (TPSA) is 92.1 Å². The number of thiophene rings is 1. The number of aromatic nitrogens is 2. The minimum atomic E-state index is -0.535. The van der Waals surface area contributed by atoms with Gasteiger partial charge in [0.15, 0.2) is 0 Å². The number of nitrogens with zero attached hydrogens (tertiary/aromatic N) is 2. The standard InChI is InChI=1S/C16H20N4O2S/c17-16(22)14-9-13(18-19-14)11-3-1-7-20(10-11)15(21)6-5-12-4-2-8-23-12/h2,4,8-9,11H,1,3,5-7,10H2,(H2,17,22)(H,18,19). The first kappa shape index (κ1) is 15.7. The van der Waals surface area contributed by atoms with E-state index < -0.39 is 5.91 Å². The van der Waals surface area contributed by atoms with Crippen molar-refractivity contribution in [2.45, 2.75) is 31.6 Å². The largest absolute Gasteiger partial charge is 0.364 e. The van der Waals surface area contributed by atoms with Crippen molar-refractivity contribution in [2.75, 3.05) is 13.1 Å². The van der Waals surface area contributed by atoms with Crippen molar-refractivity contribution >= 4 is 23.2 Å². The molecule has 7 heteroatoms. The molecule has 1 saturated heterocycles. The molecule has 2 aromatic heterocycles. The highest BCUT2D eigenvalue weighted by Crippen LogP contribution is 2.26. The number of nitrogens with one attached hydrogen (secondary N) is 1. The Bertz CT molecular complexity index is 680. The average Bonchev–Trinajstić information content (AvgIpc) is 3.24. The average molecular weight is 332 g/mol. The van der Waals surface area contributed by atoms with Crippen molar-refractivity contribution in [1.29, 1.82) is 0 Å². The molecule has 6 nitrogen and oxygen atoms in total. The zero-order valence-electron chi connectivity index (χ0n) is 12.8. The van der Waals surface area contributed by atoms with Crippen molar-refractivity contribution in [3.8, 4) is 0 Å². The van der Waals surface area contributed by atoms with Crippen molar-refractivity contribution in [1.82, 2.24) is 15.1 Å². The Morgan fingerprint density at radius 2 is 2.35 bits per heavy atom. The van der Waals surface area contributed by atoms with Gasteiger partial charge in [-0.3, -0.25) is 14.7 Å². The van der Waals surface area contributed by atoms with Crippen LogP contribution >= 0.6 is 11.3 Å². The Morgan fingerprint density at radius 1 is 1.48 bits per heavy atom. The number of carbonyl (C=O) groups excluding carboxylic acids is 2. The number of H-pyrrole nitrogens is 1. The number of piperidine rings is 1. The summed E-state index contributed by atoms with van der Waals surface area (Å²) in [5, 5.41) is 8.85. The zero-order chi connectivity index (χ0) is 16.2. The predicted octanol–water partition coefficient (Wildman–Crippen LogP) is 1.91. The van der Waals surface area contributed by atoms with E-state index >= 15 is 0 Å². The van der Waals surface area contributed by atoms with Gasteiger partial charge in [-0.2, -0.15) is 5.10 Å². The zero-order valence-corrected chi connectivity index (χ0v) is 13.6. The van der Waals surface area contributed by atoms with Crippen LogP contribution in [0.3, 0.4) is 0 Å². The fraction of sp³-hybridized carbons (Fsp3) is 0.438. The van der Waals surface area contributed by atoms with E-state index in [-0.39, 0.29) is 17.5 Å². The first-order chi connectivity index (χ1) is 11.1. The molecule has 0 spiro atoms. The van der Waals surface area contributed by atoms with Crippen LogP contribution < -0.4 is 5.73 Å². The molecular weight excluding hydrogens is 312 g/mol. The molecule has 3 heterocycles. The van der Waals surface area contributed by atoms with E-state index in [9.17, 15) is 9.59 Å². The Balaban J connectivity index is 1.58. The van der Waals surface area contributed by atoms with Crippen LogP contribution in [0.25, 0.3) is 0 Å². The van der Waals surface area contributed by atoms with Crippen LogP contribution in [0.15, 0.2) is 23.6 Å². The van der Waals surface area contributed by atoms with Crippen molar-refractivity contribution < 1.29 is 9.59 Å². The van der Waals surface area contributed by atoms with E-state index in [1.165, 1.54) is 4.88 Å². The molecule has 0 saturated carbocycles. The van der Waals surface area contributed by atoms with Crippen LogP contribution in [-0.2, 0) is 11.2 Å². The summed E-state index contributed by atoms with van der Waals surface area (Å²) in [6.45, 7) is 1.47. The van der Waals surface area contributed by atoms with Gasteiger partial charge in [0.1, 0.15) is 5.69 Å². The number of likely N-dealkylation sites (tertiary alicyclic amines) is 1. The SMILES string of the molecule is NC(=O)c1cc(C2CCCN(C(=O)CCc3cccs3)C2)[nH]n1. The van der Waals surface area contributed by atoms with Crippen LogP contribution in [0, 0.1) is 0 Å². The Labute approximate surface area is 138 Å². The minimum Gasteiger partial charge on any atom is -0.364 e. The monoisotopic (exact) mass is 332 g/mol. The van der Waals surface area contributed by atoms with Crippen LogP contribution in [-0.4, -0.2) is 40.0 Å². The fourth-order valence-electron chi connectivity index (χ4n) is 2.97. The summed E-state index contributed by atoms with van der Waals surface area (Å²) in [6.07, 6.45) is 3.28. The van der Waals surface area contributed by atoms with Gasteiger partial charge in [-0.1, -0.05) is 6.07 Å². The quantitative estimate of drug-likeness (QED) is 0.876. The summed E-state index contributed by atoms with van der Waals surface area (Å²) in [7, 11) is 0. The van der Waals surface area contributed by atoms with Gasteiger partial charge in [-0.25, -0.2) is 0 Å². The molecule has 0 bridgehead atoms. The third-order valence-corrected chi connectivity index (χ3v) is 5.17. The lowest BCUT2D eigenvalue weighted by Crippen LogP contribution is -2.39. The molecule has 0 aliphatic carbocycles. The molecule has 1 aliphatic heterocycles. The van der Waals surface area contributed by atoms with Crippen LogP contribution in [0.2, 0.25) is 0 Å². The van der Waals surface area contributed by atoms with Crippen molar-refractivity contribution in [3.63, 3.8) is 0 Å². The maximum absolute atomic E-state index is 12.4. The van der Waals surface area contributed by atoms with Gasteiger partial charge in [0.25, 0.3) is 5.91 Å². The van der Waals surface area contributed by atoms with Gasteiger partial charge in [0, 0.05) is 36.0 Å². The van der Waals surface area contributed by atoms with Crippen LogP contribution in [0.4, 0.5) is 0 Å². The number of hydrogen-bond acceptors (Lipinski definition) is 4. The molecule has 1 aliphatic rings. The number of hydrogen-bond donors (Lipinski definition) is 2. The molecule has 23 heavy (non-hydrogen) atoms. The lowest BCUT2D eigenvalue weighted by atomic mass is 9.94. The number of amides is 2. The second kappa shape index (κ2) is 6.95. The van der Waals surface area contributed by atoms with Gasteiger partial charge in [-0.05, 0) is 36.8 Å². The van der Waals surface area contributed by atoms with E-state index in [0.717, 1.165) is 31.5 Å². The van der Waals surface area contributed by atoms with E-state index in [1.54, 1.807) is 17.4 Å². The molecule has 1 atom stereocenters. The molecule has 0 radical (unpaired) electrons. The number of nitrogens with two attached hydrogens (primary N) is 1. The maximum atomic E-state index is 12.4. The second-order valence-electron chi connectivity index (χ2n) is 5.83. The van der Waals surface area contributed by atoms with Crippen molar-refractivity contribution in [3.05, 3.63) is 39.8 Å². The highest BCUT2D eigenvalue weighted by Gasteiger charge is 2.26. The summed E-state index contributed by atoms with van der Waals surface area (Å²) < 4.78 is 0. The minimum absolute atomic E-state index is 0.190. The normalized spacial score (nSPS) is 18.1. The number of aryl methyl sites for hydroxylation is 1. The summed E-state index contributed by atoms with van der Waals surface area (Å²) in [5.74, 6) is -0.153. The summed E-state index contributed by atoms with van der Waals surface area (Å²) in [6, 6.07) is 5.77. The number of aromatic amines is 1. The molecule has 3 rings (SSSR count). The molecule has 3 N–H and O–H groups in total. The van der Waals surface area contributed by atoms with E-state index in [1.807, 2.05) is 16.3 Å². The molecule has 2 amide bonds. The number of primary amides is 1. The molecule has 1 unspecified atom stereocenters. The molecule has 1 fully saturated rings. The highest BCUT2D eigenvalue weighted by atomic mass is 32.1. The molecular formula is C16H20N4O2S. The summed E-state index contributed by atoms with van der Waals surface area (Å²) in [4.78, 5) is 26.7. The summed E-state index contributed by atoms with van der Waals surface area (Å²) >= 11 is 1.69. The van der Waals surface area contributed by atoms with Crippen LogP contribution in [0.1, 0.15) is 46.2 Å². The molecule has 0 aromatic carbocycles. The number of carbonyl (C=O) groups is 2. The van der Waals surface area contributed by atoms with Gasteiger partial charge in [0.2, 0.25) is 5.91 Å². The van der Waals surface area contributed by atoms with Gasteiger partial charge in [0.05, 0.1) is 0 Å². The first-order valence-electron chi connectivity index (χ1n) is 7.78. The van der Waals surface area contributed by atoms with Gasteiger partial charge >= 0.3 is 0 Å². The highest BCUT2D eigenvalue weighted by molar-refractivity contribution is 7.09. The Hall–Kier alpha value is -2.15. The third kappa shape index (κ3) is 3.79.